The fourth-order valence-corrected chi connectivity index (χ4v) is 2.87. The lowest BCUT2D eigenvalue weighted by atomic mass is 10.2. The van der Waals surface area contributed by atoms with Crippen molar-refractivity contribution in [1.82, 2.24) is 19.4 Å². The summed E-state index contributed by atoms with van der Waals surface area (Å²) in [6, 6.07) is -0.00528. The van der Waals surface area contributed by atoms with E-state index in [1.165, 1.54) is 0 Å². The van der Waals surface area contributed by atoms with E-state index in [9.17, 15) is 4.79 Å². The first kappa shape index (κ1) is 15.3. The van der Waals surface area contributed by atoms with Crippen LogP contribution >= 0.6 is 11.5 Å². The van der Waals surface area contributed by atoms with E-state index in [1.54, 1.807) is 6.92 Å². The molecule has 0 bridgehead atoms. The number of rotatable bonds is 5. The lowest BCUT2D eigenvalue weighted by Gasteiger charge is -2.37. The fourth-order valence-electron chi connectivity index (χ4n) is 2.25. The molecule has 2 rings (SSSR count). The van der Waals surface area contributed by atoms with E-state index in [1.807, 2.05) is 16.8 Å². The average Bonchev–Trinajstić information content (AvgIpc) is 2.85. The molecule has 8 heteroatoms. The van der Waals surface area contributed by atoms with Crippen LogP contribution in [-0.4, -0.2) is 82.9 Å². The molecule has 0 spiro atoms. The van der Waals surface area contributed by atoms with Crippen molar-refractivity contribution < 1.29 is 14.6 Å². The number of aryl methyl sites for hydroxylation is 1. The zero-order valence-corrected chi connectivity index (χ0v) is 12.6. The summed E-state index contributed by atoms with van der Waals surface area (Å²) >= 11 is 1.14. The second-order valence-electron chi connectivity index (χ2n) is 4.90. The van der Waals surface area contributed by atoms with Crippen molar-refractivity contribution in [2.24, 2.45) is 0 Å². The van der Waals surface area contributed by atoms with Crippen molar-refractivity contribution in [3.05, 3.63) is 10.6 Å². The van der Waals surface area contributed by atoms with E-state index in [0.29, 0.717) is 43.4 Å². The maximum atomic E-state index is 12.6. The normalized spacial score (nSPS) is 19.6. The number of likely N-dealkylation sites (N-methyl/N-ethyl adjacent to an activating group) is 1. The highest BCUT2D eigenvalue weighted by Gasteiger charge is 2.30. The van der Waals surface area contributed by atoms with Crippen LogP contribution in [-0.2, 0) is 4.74 Å². The number of hydrogen-bond acceptors (Lipinski definition) is 7. The van der Waals surface area contributed by atoms with Crippen LogP contribution < -0.4 is 0 Å². The zero-order chi connectivity index (χ0) is 14.5. The Kier molecular flexibility index (Phi) is 5.41. The third-order valence-electron chi connectivity index (χ3n) is 3.34. The van der Waals surface area contributed by atoms with Crippen LogP contribution in [0.3, 0.4) is 0 Å². The van der Waals surface area contributed by atoms with Gasteiger partial charge >= 0.3 is 0 Å². The van der Waals surface area contributed by atoms with Gasteiger partial charge in [-0.3, -0.25) is 4.79 Å². The fraction of sp³-hybridized carbons (Fsp3) is 0.750. The van der Waals surface area contributed by atoms with E-state index in [0.717, 1.165) is 11.5 Å². The Bertz CT molecular complexity index is 454. The predicted octanol–water partition coefficient (Wildman–Crippen LogP) is -0.388. The van der Waals surface area contributed by atoms with Crippen molar-refractivity contribution in [1.29, 1.82) is 0 Å². The predicted molar refractivity (Wildman–Crippen MR) is 74.9 cm³/mol. The van der Waals surface area contributed by atoms with Crippen LogP contribution in [0, 0.1) is 6.92 Å². The Labute approximate surface area is 122 Å². The number of amides is 1. The molecule has 7 nitrogen and oxygen atoms in total. The number of nitrogens with zero attached hydrogens (tertiary/aromatic N) is 4. The number of carbonyl (C=O) groups is 1. The maximum absolute atomic E-state index is 12.6. The number of aromatic nitrogens is 2. The van der Waals surface area contributed by atoms with E-state index >= 15 is 0 Å². The van der Waals surface area contributed by atoms with Gasteiger partial charge in [-0.2, -0.15) is 0 Å². The smallest absolute Gasteiger partial charge is 0.267 e. The molecule has 1 amide bonds. The van der Waals surface area contributed by atoms with Gasteiger partial charge < -0.3 is 19.6 Å². The first-order chi connectivity index (χ1) is 9.63. The van der Waals surface area contributed by atoms with Gasteiger partial charge in [-0.25, -0.2) is 0 Å². The number of carbonyl (C=O) groups excluding carboxylic acids is 1. The molecule has 20 heavy (non-hydrogen) atoms. The van der Waals surface area contributed by atoms with E-state index in [-0.39, 0.29) is 18.6 Å². The molecular formula is C12H20N4O3S. The summed E-state index contributed by atoms with van der Waals surface area (Å²) in [4.78, 5) is 17.0. The average molecular weight is 300 g/mol. The summed E-state index contributed by atoms with van der Waals surface area (Å²) < 4.78 is 9.30. The lowest BCUT2D eigenvalue weighted by Crippen LogP contribution is -2.53. The number of aliphatic hydroxyl groups is 1. The third-order valence-corrected chi connectivity index (χ3v) is 4.15. The Morgan fingerprint density at radius 1 is 1.65 bits per heavy atom. The van der Waals surface area contributed by atoms with Gasteiger partial charge in [0.1, 0.15) is 4.88 Å². The van der Waals surface area contributed by atoms with Gasteiger partial charge in [0.05, 0.1) is 31.6 Å². The largest absolute Gasteiger partial charge is 0.395 e. The highest BCUT2D eigenvalue weighted by molar-refractivity contribution is 7.07. The van der Waals surface area contributed by atoms with Crippen LogP contribution in [0.1, 0.15) is 15.4 Å². The number of morpholine rings is 1. The minimum atomic E-state index is -0.0248. The number of hydrogen-bond donors (Lipinski definition) is 1. The van der Waals surface area contributed by atoms with E-state index in [4.69, 9.17) is 9.84 Å². The van der Waals surface area contributed by atoms with Crippen molar-refractivity contribution in [3.8, 4) is 0 Å². The molecule has 0 aliphatic carbocycles. The van der Waals surface area contributed by atoms with Crippen molar-refractivity contribution >= 4 is 17.4 Å². The SMILES string of the molecule is Cc1nnsc1C(=O)N1CCOC[C@H]1CN(C)CCO. The molecule has 1 N–H and O–H groups in total. The molecule has 1 aromatic rings. The second-order valence-corrected chi connectivity index (χ2v) is 5.65. The first-order valence-electron chi connectivity index (χ1n) is 6.60. The van der Waals surface area contributed by atoms with Gasteiger partial charge in [0.15, 0.2) is 0 Å². The molecule has 2 heterocycles. The molecule has 1 fully saturated rings. The number of ether oxygens (including phenoxy) is 1. The Hall–Kier alpha value is -1.09. The van der Waals surface area contributed by atoms with Crippen LogP contribution in [0.2, 0.25) is 0 Å². The van der Waals surface area contributed by atoms with Crippen molar-refractivity contribution in [3.63, 3.8) is 0 Å². The minimum Gasteiger partial charge on any atom is -0.395 e. The Morgan fingerprint density at radius 2 is 2.45 bits per heavy atom. The molecule has 112 valence electrons. The summed E-state index contributed by atoms with van der Waals surface area (Å²) in [6.45, 7) is 4.81. The molecule has 0 saturated carbocycles. The van der Waals surface area contributed by atoms with E-state index in [2.05, 4.69) is 9.59 Å². The monoisotopic (exact) mass is 300 g/mol. The quantitative estimate of drug-likeness (QED) is 0.798. The van der Waals surface area contributed by atoms with Crippen molar-refractivity contribution in [2.75, 3.05) is 46.5 Å². The zero-order valence-electron chi connectivity index (χ0n) is 11.8. The molecule has 1 saturated heterocycles. The van der Waals surface area contributed by atoms with Crippen LogP contribution in [0.5, 0.6) is 0 Å². The van der Waals surface area contributed by atoms with Gasteiger partial charge in [0, 0.05) is 19.6 Å². The Balaban J connectivity index is 2.06. The molecule has 1 aliphatic heterocycles. The molecular weight excluding hydrogens is 280 g/mol. The van der Waals surface area contributed by atoms with Gasteiger partial charge in [-0.1, -0.05) is 4.49 Å². The van der Waals surface area contributed by atoms with Crippen molar-refractivity contribution in [2.45, 2.75) is 13.0 Å². The molecule has 1 atom stereocenters. The van der Waals surface area contributed by atoms with Crippen LogP contribution in [0.4, 0.5) is 0 Å². The Morgan fingerprint density at radius 3 is 3.10 bits per heavy atom. The summed E-state index contributed by atoms with van der Waals surface area (Å²) in [5.41, 5.74) is 0.675. The van der Waals surface area contributed by atoms with E-state index < -0.39 is 0 Å². The molecule has 1 aromatic heterocycles. The van der Waals surface area contributed by atoms with Crippen LogP contribution in [0.15, 0.2) is 0 Å². The number of aliphatic hydroxyl groups excluding tert-OH is 1. The highest BCUT2D eigenvalue weighted by Crippen LogP contribution is 2.17. The lowest BCUT2D eigenvalue weighted by molar-refractivity contribution is -0.0107. The maximum Gasteiger partial charge on any atom is 0.267 e. The van der Waals surface area contributed by atoms with Crippen LogP contribution in [0.25, 0.3) is 0 Å². The van der Waals surface area contributed by atoms with Gasteiger partial charge in [0.2, 0.25) is 0 Å². The first-order valence-corrected chi connectivity index (χ1v) is 7.38. The van der Waals surface area contributed by atoms with Gasteiger partial charge in [-0.05, 0) is 25.5 Å². The standard InChI is InChI=1S/C12H20N4O3S/c1-9-11(20-14-13-9)12(18)16-4-6-19-8-10(16)7-15(2)3-5-17/h10,17H,3-8H2,1-2H3/t10-/m1/s1. The minimum absolute atomic E-state index is 0.00528. The van der Waals surface area contributed by atoms with Gasteiger partial charge in [0.25, 0.3) is 5.91 Å². The molecule has 0 unspecified atom stereocenters. The molecule has 0 radical (unpaired) electrons. The summed E-state index contributed by atoms with van der Waals surface area (Å²) in [7, 11) is 1.92. The topological polar surface area (TPSA) is 78.8 Å². The summed E-state index contributed by atoms with van der Waals surface area (Å²) in [5, 5.41) is 12.9. The summed E-state index contributed by atoms with van der Waals surface area (Å²) in [6.07, 6.45) is 0. The molecule has 1 aliphatic rings. The summed E-state index contributed by atoms with van der Waals surface area (Å²) in [5.74, 6) is -0.0248. The third kappa shape index (κ3) is 3.51. The highest BCUT2D eigenvalue weighted by atomic mass is 32.1. The second kappa shape index (κ2) is 7.07. The van der Waals surface area contributed by atoms with Gasteiger partial charge in [-0.15, -0.1) is 5.10 Å². The molecule has 0 aromatic carbocycles.